The molecule has 2 rings (SSSR count). The number of halogens is 3. The summed E-state index contributed by atoms with van der Waals surface area (Å²) in [5.74, 6) is 0. The van der Waals surface area contributed by atoms with Crippen LogP contribution in [0.5, 0.6) is 0 Å². The lowest BCUT2D eigenvalue weighted by atomic mass is 10.2. The molecule has 0 aliphatic rings. The predicted octanol–water partition coefficient (Wildman–Crippen LogP) is 4.97. The SMILES string of the molecule is Nc1cc(Cl)ccc1Nc1ccc(Cl)c(Cl)c1. The van der Waals surface area contributed by atoms with Crippen molar-refractivity contribution in [3.8, 4) is 0 Å². The van der Waals surface area contributed by atoms with Gasteiger partial charge in [-0.05, 0) is 36.4 Å². The highest BCUT2D eigenvalue weighted by Gasteiger charge is 2.03. The van der Waals surface area contributed by atoms with Crippen molar-refractivity contribution in [3.05, 3.63) is 51.5 Å². The van der Waals surface area contributed by atoms with Crippen molar-refractivity contribution in [3.63, 3.8) is 0 Å². The molecule has 0 saturated carbocycles. The summed E-state index contributed by atoms with van der Waals surface area (Å²) in [6.07, 6.45) is 0. The number of nitrogens with two attached hydrogens (primary N) is 1. The quantitative estimate of drug-likeness (QED) is 0.765. The Labute approximate surface area is 114 Å². The fourth-order valence-electron chi connectivity index (χ4n) is 1.38. The Kier molecular flexibility index (Phi) is 3.67. The Balaban J connectivity index is 2.28. The third-order valence-electron chi connectivity index (χ3n) is 2.21. The normalized spacial score (nSPS) is 10.3. The van der Waals surface area contributed by atoms with Gasteiger partial charge in [-0.2, -0.15) is 0 Å². The standard InChI is InChI=1S/C12H9Cl3N2/c13-7-1-4-12(11(16)5-7)17-8-2-3-9(14)10(15)6-8/h1-6,17H,16H2. The van der Waals surface area contributed by atoms with Crippen molar-refractivity contribution in [2.75, 3.05) is 11.1 Å². The fourth-order valence-corrected chi connectivity index (χ4v) is 1.86. The Hall–Kier alpha value is -1.09. The Morgan fingerprint density at radius 3 is 2.29 bits per heavy atom. The van der Waals surface area contributed by atoms with Gasteiger partial charge in [-0.25, -0.2) is 0 Å². The van der Waals surface area contributed by atoms with Gasteiger partial charge >= 0.3 is 0 Å². The molecular weight excluding hydrogens is 279 g/mol. The topological polar surface area (TPSA) is 38.0 Å². The molecule has 0 spiro atoms. The highest BCUT2D eigenvalue weighted by Crippen LogP contribution is 2.29. The van der Waals surface area contributed by atoms with Crippen LogP contribution < -0.4 is 11.1 Å². The van der Waals surface area contributed by atoms with E-state index < -0.39 is 0 Å². The zero-order valence-electron chi connectivity index (χ0n) is 8.68. The molecule has 17 heavy (non-hydrogen) atoms. The van der Waals surface area contributed by atoms with Crippen molar-refractivity contribution < 1.29 is 0 Å². The van der Waals surface area contributed by atoms with E-state index in [0.717, 1.165) is 11.4 Å². The molecule has 0 saturated heterocycles. The molecule has 0 atom stereocenters. The first-order valence-corrected chi connectivity index (χ1v) is 5.97. The smallest absolute Gasteiger partial charge is 0.0618 e. The lowest BCUT2D eigenvalue weighted by Gasteiger charge is -2.10. The minimum atomic E-state index is 0.490. The van der Waals surface area contributed by atoms with Gasteiger partial charge in [0.15, 0.2) is 0 Å². The van der Waals surface area contributed by atoms with Crippen LogP contribution in [0.15, 0.2) is 36.4 Å². The van der Waals surface area contributed by atoms with Gasteiger partial charge in [-0.1, -0.05) is 34.8 Å². The molecule has 0 aliphatic carbocycles. The molecule has 0 radical (unpaired) electrons. The van der Waals surface area contributed by atoms with Gasteiger partial charge < -0.3 is 11.1 Å². The molecule has 88 valence electrons. The van der Waals surface area contributed by atoms with Crippen LogP contribution in [0.3, 0.4) is 0 Å². The molecule has 0 heterocycles. The third-order valence-corrected chi connectivity index (χ3v) is 3.19. The van der Waals surface area contributed by atoms with Crippen molar-refractivity contribution in [2.24, 2.45) is 0 Å². The van der Waals surface area contributed by atoms with Crippen molar-refractivity contribution in [1.82, 2.24) is 0 Å². The molecule has 0 unspecified atom stereocenters. The number of anilines is 3. The lowest BCUT2D eigenvalue weighted by molar-refractivity contribution is 1.54. The van der Waals surface area contributed by atoms with E-state index in [-0.39, 0.29) is 0 Å². The predicted molar refractivity (Wildman–Crippen MR) is 75.6 cm³/mol. The first kappa shape index (κ1) is 12.4. The van der Waals surface area contributed by atoms with E-state index in [1.807, 2.05) is 6.07 Å². The molecule has 3 N–H and O–H groups in total. The Bertz CT molecular complexity index is 555. The minimum absolute atomic E-state index is 0.490. The number of hydrogen-bond acceptors (Lipinski definition) is 2. The van der Waals surface area contributed by atoms with Gasteiger partial charge in [0, 0.05) is 10.7 Å². The molecule has 0 amide bonds. The summed E-state index contributed by atoms with van der Waals surface area (Å²) in [6, 6.07) is 10.5. The van der Waals surface area contributed by atoms with Crippen molar-refractivity contribution in [2.45, 2.75) is 0 Å². The monoisotopic (exact) mass is 286 g/mol. The van der Waals surface area contributed by atoms with E-state index in [1.165, 1.54) is 0 Å². The van der Waals surface area contributed by atoms with Crippen LogP contribution in [0.4, 0.5) is 17.1 Å². The number of nitrogens with one attached hydrogen (secondary N) is 1. The molecule has 0 bridgehead atoms. The van der Waals surface area contributed by atoms with Crippen molar-refractivity contribution in [1.29, 1.82) is 0 Å². The second-order valence-corrected chi connectivity index (χ2v) is 4.74. The van der Waals surface area contributed by atoms with Crippen LogP contribution in [0.1, 0.15) is 0 Å². The van der Waals surface area contributed by atoms with Gasteiger partial charge in [0.25, 0.3) is 0 Å². The molecule has 0 aromatic heterocycles. The molecule has 0 fully saturated rings. The van der Waals surface area contributed by atoms with E-state index in [2.05, 4.69) is 5.32 Å². The van der Waals surface area contributed by atoms with E-state index in [0.29, 0.717) is 20.8 Å². The third kappa shape index (κ3) is 2.97. The Morgan fingerprint density at radius 2 is 1.65 bits per heavy atom. The van der Waals surface area contributed by atoms with Gasteiger partial charge in [0.2, 0.25) is 0 Å². The van der Waals surface area contributed by atoms with Crippen LogP contribution in [-0.2, 0) is 0 Å². The molecule has 5 heteroatoms. The van der Waals surface area contributed by atoms with Gasteiger partial charge in [-0.15, -0.1) is 0 Å². The minimum Gasteiger partial charge on any atom is -0.397 e. The number of nitrogen functional groups attached to an aromatic ring is 1. The summed E-state index contributed by atoms with van der Waals surface area (Å²) >= 11 is 17.6. The van der Waals surface area contributed by atoms with E-state index >= 15 is 0 Å². The summed E-state index contributed by atoms with van der Waals surface area (Å²) in [7, 11) is 0. The first-order valence-electron chi connectivity index (χ1n) is 4.83. The number of rotatable bonds is 2. The molecule has 0 aliphatic heterocycles. The molecule has 2 aromatic carbocycles. The highest BCUT2D eigenvalue weighted by atomic mass is 35.5. The lowest BCUT2D eigenvalue weighted by Crippen LogP contribution is -1.96. The maximum Gasteiger partial charge on any atom is 0.0618 e. The maximum absolute atomic E-state index is 5.92. The van der Waals surface area contributed by atoms with Crippen LogP contribution >= 0.6 is 34.8 Å². The van der Waals surface area contributed by atoms with Gasteiger partial charge in [-0.3, -0.25) is 0 Å². The summed E-state index contributed by atoms with van der Waals surface area (Å²) in [5, 5.41) is 4.75. The van der Waals surface area contributed by atoms with E-state index in [1.54, 1.807) is 30.3 Å². The second kappa shape index (κ2) is 5.05. The van der Waals surface area contributed by atoms with E-state index in [9.17, 15) is 0 Å². The summed E-state index contributed by atoms with van der Waals surface area (Å²) in [6.45, 7) is 0. The Morgan fingerprint density at radius 1 is 0.882 bits per heavy atom. The van der Waals surface area contributed by atoms with Crippen LogP contribution in [0.25, 0.3) is 0 Å². The second-order valence-electron chi connectivity index (χ2n) is 3.49. The maximum atomic E-state index is 5.92. The highest BCUT2D eigenvalue weighted by molar-refractivity contribution is 6.42. The first-order chi connectivity index (χ1) is 8.06. The largest absolute Gasteiger partial charge is 0.397 e. The number of hydrogen-bond donors (Lipinski definition) is 2. The average Bonchev–Trinajstić information content (AvgIpc) is 2.27. The van der Waals surface area contributed by atoms with Crippen LogP contribution in [0, 0.1) is 0 Å². The zero-order valence-corrected chi connectivity index (χ0v) is 10.9. The van der Waals surface area contributed by atoms with Gasteiger partial charge in [0.1, 0.15) is 0 Å². The summed E-state index contributed by atoms with van der Waals surface area (Å²) < 4.78 is 0. The summed E-state index contributed by atoms with van der Waals surface area (Å²) in [5.41, 5.74) is 7.99. The average molecular weight is 288 g/mol. The zero-order chi connectivity index (χ0) is 12.4. The van der Waals surface area contributed by atoms with Crippen molar-refractivity contribution >= 4 is 51.9 Å². The van der Waals surface area contributed by atoms with E-state index in [4.69, 9.17) is 40.5 Å². The molecule has 2 nitrogen and oxygen atoms in total. The fraction of sp³-hybridized carbons (Fsp3) is 0. The number of benzene rings is 2. The van der Waals surface area contributed by atoms with Crippen LogP contribution in [-0.4, -0.2) is 0 Å². The summed E-state index contributed by atoms with van der Waals surface area (Å²) in [4.78, 5) is 0. The van der Waals surface area contributed by atoms with Gasteiger partial charge in [0.05, 0.1) is 21.4 Å². The molecular formula is C12H9Cl3N2. The van der Waals surface area contributed by atoms with Crippen LogP contribution in [0.2, 0.25) is 15.1 Å². The molecule has 2 aromatic rings.